The zero-order valence-corrected chi connectivity index (χ0v) is 19.0. The van der Waals surface area contributed by atoms with Crippen molar-refractivity contribution >= 4 is 68.3 Å². The van der Waals surface area contributed by atoms with E-state index in [1.54, 1.807) is 12.1 Å². The maximum absolute atomic E-state index is 11.4. The van der Waals surface area contributed by atoms with Crippen molar-refractivity contribution in [3.8, 4) is 0 Å². The van der Waals surface area contributed by atoms with E-state index in [4.69, 9.17) is 23.2 Å². The van der Waals surface area contributed by atoms with Crippen LogP contribution in [0.4, 0.5) is 23.3 Å². The molecule has 1 aliphatic rings. The summed E-state index contributed by atoms with van der Waals surface area (Å²) in [7, 11) is 0. The molecule has 0 saturated carbocycles. The number of nitrogens with zero attached hydrogens (tertiary/aromatic N) is 4. The molecule has 1 amide bonds. The summed E-state index contributed by atoms with van der Waals surface area (Å²) >= 11 is 16.1. The highest BCUT2D eigenvalue weighted by atomic mass is 79.9. The summed E-state index contributed by atoms with van der Waals surface area (Å²) in [6.07, 6.45) is 2.37. The lowest BCUT2D eigenvalue weighted by Gasteiger charge is -2.29. The minimum absolute atomic E-state index is 0.268. The molecule has 0 saturated heterocycles. The molecule has 0 fully saturated rings. The van der Waals surface area contributed by atoms with Crippen LogP contribution in [0.3, 0.4) is 0 Å². The zero-order chi connectivity index (χ0) is 21.3. The second-order valence-corrected chi connectivity index (χ2v) is 8.48. The first-order valence-electron chi connectivity index (χ1n) is 9.14. The van der Waals surface area contributed by atoms with Gasteiger partial charge < -0.3 is 15.5 Å². The van der Waals surface area contributed by atoms with Gasteiger partial charge in [0.25, 0.3) is 0 Å². The van der Waals surface area contributed by atoms with E-state index in [2.05, 4.69) is 58.5 Å². The van der Waals surface area contributed by atoms with Gasteiger partial charge in [-0.05, 0) is 41.8 Å². The largest absolute Gasteiger partial charge is 0.336 e. The Labute approximate surface area is 192 Å². The van der Waals surface area contributed by atoms with Gasteiger partial charge in [-0.1, -0.05) is 45.2 Å². The van der Waals surface area contributed by atoms with Gasteiger partial charge in [0, 0.05) is 24.5 Å². The molecule has 1 aliphatic heterocycles. The molecule has 2 heterocycles. The highest BCUT2D eigenvalue weighted by molar-refractivity contribution is 9.10. The standard InChI is InChI=1S/C20H17BrCl2N6O/c1-11(30)26-18-15(22)4-5-16(17(18)23)27-19-24-10-25-20(28-19)29-7-6-12-8-14(21)3-2-13(12)9-29/h2-5,8,10H,6-7,9H2,1H3,(H,26,30)(H,24,25,27,28). The van der Waals surface area contributed by atoms with E-state index in [0.29, 0.717) is 28.3 Å². The van der Waals surface area contributed by atoms with Crippen molar-refractivity contribution < 1.29 is 4.79 Å². The molecule has 0 bridgehead atoms. The molecular formula is C20H17BrCl2N6O. The number of nitrogens with one attached hydrogen (secondary N) is 2. The third-order valence-corrected chi connectivity index (χ3v) is 5.86. The van der Waals surface area contributed by atoms with Crippen molar-refractivity contribution in [3.05, 3.63) is 62.3 Å². The summed E-state index contributed by atoms with van der Waals surface area (Å²) in [5, 5.41) is 6.34. The van der Waals surface area contributed by atoms with E-state index in [0.717, 1.165) is 24.0 Å². The van der Waals surface area contributed by atoms with Crippen LogP contribution in [-0.4, -0.2) is 27.4 Å². The lowest BCUT2D eigenvalue weighted by Crippen LogP contribution is -2.32. The van der Waals surface area contributed by atoms with Crippen LogP contribution in [0.15, 0.2) is 41.1 Å². The summed E-state index contributed by atoms with van der Waals surface area (Å²) in [5.41, 5.74) is 3.44. The van der Waals surface area contributed by atoms with Gasteiger partial charge in [-0.25, -0.2) is 9.97 Å². The fourth-order valence-corrected chi connectivity index (χ4v) is 4.17. The number of carbonyl (C=O) groups is 1. The molecule has 3 aromatic rings. The number of amides is 1. The molecule has 4 rings (SSSR count). The third kappa shape index (κ3) is 4.50. The first-order valence-corrected chi connectivity index (χ1v) is 10.7. The topological polar surface area (TPSA) is 83.0 Å². The van der Waals surface area contributed by atoms with Gasteiger partial charge >= 0.3 is 0 Å². The van der Waals surface area contributed by atoms with Gasteiger partial charge in [0.05, 0.1) is 21.4 Å². The number of anilines is 4. The van der Waals surface area contributed by atoms with Crippen LogP contribution < -0.4 is 15.5 Å². The predicted octanol–water partition coefficient (Wildman–Crippen LogP) is 5.21. The minimum atomic E-state index is -0.268. The Balaban J connectivity index is 1.56. The van der Waals surface area contributed by atoms with Gasteiger partial charge in [-0.3, -0.25) is 4.79 Å². The summed E-state index contributed by atoms with van der Waals surface area (Å²) in [5.74, 6) is 0.656. The second-order valence-electron chi connectivity index (χ2n) is 6.78. The van der Waals surface area contributed by atoms with Gasteiger partial charge in [0.15, 0.2) is 0 Å². The van der Waals surface area contributed by atoms with E-state index >= 15 is 0 Å². The number of halogens is 3. The van der Waals surface area contributed by atoms with Gasteiger partial charge in [0.2, 0.25) is 17.8 Å². The lowest BCUT2D eigenvalue weighted by molar-refractivity contribution is -0.114. The maximum atomic E-state index is 11.4. The number of rotatable bonds is 4. The Hall–Kier alpha value is -2.42. The van der Waals surface area contributed by atoms with Crippen molar-refractivity contribution in [1.82, 2.24) is 15.0 Å². The molecule has 0 spiro atoms. The van der Waals surface area contributed by atoms with Crippen LogP contribution in [0.25, 0.3) is 0 Å². The maximum Gasteiger partial charge on any atom is 0.232 e. The number of carbonyl (C=O) groups excluding carboxylic acids is 1. The van der Waals surface area contributed by atoms with Crippen LogP contribution in [0, 0.1) is 0 Å². The number of benzene rings is 2. The van der Waals surface area contributed by atoms with Gasteiger partial charge in [-0.2, -0.15) is 4.98 Å². The SMILES string of the molecule is CC(=O)Nc1c(Cl)ccc(Nc2ncnc(N3CCc4cc(Br)ccc4C3)n2)c1Cl. The quantitative estimate of drug-likeness (QED) is 0.504. The van der Waals surface area contributed by atoms with Crippen LogP contribution >= 0.6 is 39.1 Å². The first kappa shape index (κ1) is 20.8. The van der Waals surface area contributed by atoms with E-state index < -0.39 is 0 Å². The molecule has 2 N–H and O–H groups in total. The second kappa shape index (κ2) is 8.75. The van der Waals surface area contributed by atoms with E-state index in [-0.39, 0.29) is 10.9 Å². The first-order chi connectivity index (χ1) is 14.4. The van der Waals surface area contributed by atoms with Crippen LogP contribution in [0.1, 0.15) is 18.1 Å². The summed E-state index contributed by atoms with van der Waals surface area (Å²) in [6, 6.07) is 9.65. The molecule has 2 aromatic carbocycles. The van der Waals surface area contributed by atoms with E-state index in [1.807, 2.05) is 6.07 Å². The molecule has 0 radical (unpaired) electrons. The van der Waals surface area contributed by atoms with Crippen molar-refractivity contribution in [2.24, 2.45) is 0 Å². The highest BCUT2D eigenvalue weighted by Crippen LogP contribution is 2.37. The van der Waals surface area contributed by atoms with Crippen LogP contribution in [-0.2, 0) is 17.8 Å². The van der Waals surface area contributed by atoms with Crippen molar-refractivity contribution in [2.75, 3.05) is 22.1 Å². The summed E-state index contributed by atoms with van der Waals surface area (Å²) in [4.78, 5) is 26.6. The fraction of sp³-hybridized carbons (Fsp3) is 0.200. The molecule has 0 atom stereocenters. The molecule has 0 aliphatic carbocycles. The smallest absolute Gasteiger partial charge is 0.232 e. The van der Waals surface area contributed by atoms with Crippen molar-refractivity contribution in [2.45, 2.75) is 19.9 Å². The average Bonchev–Trinajstić information content (AvgIpc) is 2.73. The number of fused-ring (bicyclic) bond motifs is 1. The monoisotopic (exact) mass is 506 g/mol. The molecule has 10 heteroatoms. The summed E-state index contributed by atoms with van der Waals surface area (Å²) < 4.78 is 1.08. The van der Waals surface area contributed by atoms with Crippen molar-refractivity contribution in [3.63, 3.8) is 0 Å². The Morgan fingerprint density at radius 3 is 2.80 bits per heavy atom. The molecule has 7 nitrogen and oxygen atoms in total. The van der Waals surface area contributed by atoms with E-state index in [9.17, 15) is 4.79 Å². The number of hydrogen-bond acceptors (Lipinski definition) is 6. The fourth-order valence-electron chi connectivity index (χ4n) is 3.25. The number of hydrogen-bond donors (Lipinski definition) is 2. The van der Waals surface area contributed by atoms with Gasteiger partial charge in [-0.15, -0.1) is 0 Å². The molecule has 30 heavy (non-hydrogen) atoms. The average molecular weight is 508 g/mol. The zero-order valence-electron chi connectivity index (χ0n) is 15.9. The van der Waals surface area contributed by atoms with Crippen LogP contribution in [0.2, 0.25) is 10.0 Å². The molecular weight excluding hydrogens is 491 g/mol. The van der Waals surface area contributed by atoms with Crippen molar-refractivity contribution in [1.29, 1.82) is 0 Å². The Bertz CT molecular complexity index is 1130. The Morgan fingerprint density at radius 2 is 2.00 bits per heavy atom. The van der Waals surface area contributed by atoms with E-state index in [1.165, 1.54) is 24.4 Å². The number of aromatic nitrogens is 3. The predicted molar refractivity (Wildman–Crippen MR) is 123 cm³/mol. The molecule has 1 aromatic heterocycles. The normalized spacial score (nSPS) is 13.0. The molecule has 0 unspecified atom stereocenters. The Morgan fingerprint density at radius 1 is 1.17 bits per heavy atom. The Kier molecular flexibility index (Phi) is 6.08. The van der Waals surface area contributed by atoms with Crippen LogP contribution in [0.5, 0.6) is 0 Å². The highest BCUT2D eigenvalue weighted by Gasteiger charge is 2.20. The summed E-state index contributed by atoms with van der Waals surface area (Å²) in [6.45, 7) is 2.92. The molecule has 154 valence electrons. The van der Waals surface area contributed by atoms with Gasteiger partial charge in [0.1, 0.15) is 6.33 Å². The minimum Gasteiger partial charge on any atom is -0.336 e. The third-order valence-electron chi connectivity index (χ3n) is 4.66. The lowest BCUT2D eigenvalue weighted by atomic mass is 10.0.